The van der Waals surface area contributed by atoms with E-state index in [4.69, 9.17) is 0 Å². The normalized spacial score (nSPS) is 37.3. The van der Waals surface area contributed by atoms with Crippen LogP contribution in [0.25, 0.3) is 0 Å². The monoisotopic (exact) mass is 320 g/mol. The van der Waals surface area contributed by atoms with Crippen LogP contribution in [0.3, 0.4) is 0 Å². The average Bonchev–Trinajstić information content (AvgIpc) is 2.94. The molecule has 4 rings (SSSR count). The van der Waals surface area contributed by atoms with Crippen molar-refractivity contribution in [2.24, 2.45) is 16.7 Å². The van der Waals surface area contributed by atoms with Gasteiger partial charge < -0.3 is 0 Å². The van der Waals surface area contributed by atoms with Crippen molar-refractivity contribution < 1.29 is 13.2 Å². The Morgan fingerprint density at radius 3 is 2.82 bits per heavy atom. The molecule has 2 saturated carbocycles. The van der Waals surface area contributed by atoms with Crippen LogP contribution in [-0.2, 0) is 10.0 Å². The van der Waals surface area contributed by atoms with Gasteiger partial charge in [0.05, 0.1) is 17.4 Å². The minimum absolute atomic E-state index is 0.0191. The van der Waals surface area contributed by atoms with E-state index in [2.05, 4.69) is 18.8 Å². The van der Waals surface area contributed by atoms with Crippen molar-refractivity contribution >= 4 is 15.9 Å². The molecule has 1 saturated heterocycles. The molecule has 0 aromatic carbocycles. The Hall–Kier alpha value is -1.43. The zero-order valence-corrected chi connectivity index (χ0v) is 13.6. The van der Waals surface area contributed by atoms with Crippen molar-refractivity contribution in [3.8, 4) is 0 Å². The van der Waals surface area contributed by atoms with E-state index in [1.54, 1.807) is 18.3 Å². The fourth-order valence-corrected chi connectivity index (χ4v) is 7.71. The van der Waals surface area contributed by atoms with Gasteiger partial charge in [0.15, 0.2) is 0 Å². The third-order valence-electron chi connectivity index (χ3n) is 6.52. The van der Waals surface area contributed by atoms with Crippen molar-refractivity contribution in [3.63, 3.8) is 0 Å². The maximum Gasteiger partial charge on any atom is 0.269 e. The molecule has 1 aliphatic heterocycles. The first-order valence-corrected chi connectivity index (χ1v) is 9.37. The van der Waals surface area contributed by atoms with Crippen molar-refractivity contribution in [1.82, 2.24) is 9.29 Å². The van der Waals surface area contributed by atoms with E-state index in [9.17, 15) is 13.2 Å². The predicted octanol–water partition coefficient (Wildman–Crippen LogP) is 2.06. The molecular formula is C16H20N2O3S. The Kier molecular flexibility index (Phi) is 2.64. The standard InChI is InChI=1S/C16H20N2O3S/c1-15(2)12-5-6-16(15)10-22(20,21)18(13(16)8-12)14(19)11-4-3-7-17-9-11/h3-4,7,9,12-13H,5-6,8,10H2,1-2H3/t12-,13-,16-/m1/s1. The summed E-state index contributed by atoms with van der Waals surface area (Å²) in [6.07, 6.45) is 5.82. The molecule has 118 valence electrons. The smallest absolute Gasteiger partial charge is 0.268 e. The summed E-state index contributed by atoms with van der Waals surface area (Å²) < 4.78 is 26.7. The van der Waals surface area contributed by atoms with E-state index >= 15 is 0 Å². The minimum atomic E-state index is -3.55. The summed E-state index contributed by atoms with van der Waals surface area (Å²) in [5.41, 5.74) is 0.0620. The molecule has 0 radical (unpaired) electrons. The number of rotatable bonds is 1. The molecule has 1 aromatic rings. The first-order valence-electron chi connectivity index (χ1n) is 7.76. The SMILES string of the molecule is CC1(C)[C@@H]2CC[C@]13CS(=O)(=O)N(C(=O)c1cccnc1)[C@@H]3C2. The van der Waals surface area contributed by atoms with E-state index < -0.39 is 15.9 Å². The Bertz CT molecular complexity index is 744. The maximum atomic E-state index is 12.8. The number of hydrogen-bond donors (Lipinski definition) is 0. The summed E-state index contributed by atoms with van der Waals surface area (Å²) in [5, 5.41) is 0. The van der Waals surface area contributed by atoms with Crippen LogP contribution < -0.4 is 0 Å². The van der Waals surface area contributed by atoms with E-state index in [0.29, 0.717) is 11.5 Å². The molecule has 2 heterocycles. The largest absolute Gasteiger partial charge is 0.269 e. The lowest BCUT2D eigenvalue weighted by molar-refractivity contribution is 0.0700. The number of amides is 1. The molecular weight excluding hydrogens is 300 g/mol. The van der Waals surface area contributed by atoms with Crippen molar-refractivity contribution in [1.29, 1.82) is 0 Å². The molecule has 1 aromatic heterocycles. The van der Waals surface area contributed by atoms with Crippen LogP contribution in [0.4, 0.5) is 0 Å². The summed E-state index contributed by atoms with van der Waals surface area (Å²) in [5.74, 6) is 0.204. The minimum Gasteiger partial charge on any atom is -0.268 e. The third-order valence-corrected chi connectivity index (χ3v) is 8.42. The molecule has 1 amide bonds. The zero-order chi connectivity index (χ0) is 15.8. The summed E-state index contributed by atoms with van der Waals surface area (Å²) in [7, 11) is -3.55. The van der Waals surface area contributed by atoms with Gasteiger partial charge in [-0.15, -0.1) is 0 Å². The Balaban J connectivity index is 1.80. The maximum absolute atomic E-state index is 12.8. The van der Waals surface area contributed by atoms with Gasteiger partial charge in [-0.2, -0.15) is 0 Å². The van der Waals surface area contributed by atoms with E-state index in [1.807, 2.05) is 0 Å². The quantitative estimate of drug-likeness (QED) is 0.794. The first kappa shape index (κ1) is 14.2. The molecule has 1 spiro atoms. The Morgan fingerprint density at radius 2 is 2.18 bits per heavy atom. The molecule has 2 aliphatic carbocycles. The number of nitrogens with zero attached hydrogens (tertiary/aromatic N) is 2. The average molecular weight is 320 g/mol. The van der Waals surface area contributed by atoms with E-state index in [1.165, 1.54) is 10.5 Å². The van der Waals surface area contributed by atoms with Crippen LogP contribution in [0, 0.1) is 16.7 Å². The molecule has 3 fully saturated rings. The summed E-state index contributed by atoms with van der Waals surface area (Å²) in [6.45, 7) is 4.36. The van der Waals surface area contributed by atoms with Crippen molar-refractivity contribution in [3.05, 3.63) is 30.1 Å². The highest BCUT2D eigenvalue weighted by molar-refractivity contribution is 7.90. The third kappa shape index (κ3) is 1.51. The molecule has 6 heteroatoms. The van der Waals surface area contributed by atoms with Crippen LogP contribution in [-0.4, -0.2) is 35.4 Å². The lowest BCUT2D eigenvalue weighted by Gasteiger charge is -2.37. The van der Waals surface area contributed by atoms with Crippen LogP contribution in [0.5, 0.6) is 0 Å². The Morgan fingerprint density at radius 1 is 1.41 bits per heavy atom. The lowest BCUT2D eigenvalue weighted by atomic mass is 9.69. The number of aromatic nitrogens is 1. The van der Waals surface area contributed by atoms with Gasteiger partial charge >= 0.3 is 0 Å². The van der Waals surface area contributed by atoms with Gasteiger partial charge in [0.25, 0.3) is 5.91 Å². The van der Waals surface area contributed by atoms with Crippen molar-refractivity contribution in [2.45, 2.75) is 39.2 Å². The second-order valence-electron chi connectivity index (χ2n) is 7.46. The topological polar surface area (TPSA) is 67.3 Å². The van der Waals surface area contributed by atoms with E-state index in [-0.39, 0.29) is 22.6 Å². The number of carbonyl (C=O) groups excluding carboxylic acids is 1. The second kappa shape index (κ2) is 4.10. The lowest BCUT2D eigenvalue weighted by Crippen LogP contribution is -2.44. The highest BCUT2D eigenvalue weighted by Crippen LogP contribution is 2.70. The van der Waals surface area contributed by atoms with Gasteiger partial charge in [-0.3, -0.25) is 9.78 Å². The predicted molar refractivity (Wildman–Crippen MR) is 81.5 cm³/mol. The van der Waals surface area contributed by atoms with Gasteiger partial charge in [-0.25, -0.2) is 12.7 Å². The highest BCUT2D eigenvalue weighted by atomic mass is 32.2. The molecule has 0 N–H and O–H groups in total. The van der Waals surface area contributed by atoms with Crippen LogP contribution in [0.15, 0.2) is 24.5 Å². The fourth-order valence-electron chi connectivity index (χ4n) is 5.17. The molecule has 0 unspecified atom stereocenters. The van der Waals surface area contributed by atoms with Gasteiger partial charge in [-0.05, 0) is 42.7 Å². The van der Waals surface area contributed by atoms with Gasteiger partial charge in [0.1, 0.15) is 0 Å². The first-order chi connectivity index (χ1) is 10.3. The second-order valence-corrected chi connectivity index (χ2v) is 9.31. The van der Waals surface area contributed by atoms with Crippen molar-refractivity contribution in [2.75, 3.05) is 5.75 Å². The summed E-state index contributed by atoms with van der Waals surface area (Å²) in [4.78, 5) is 16.7. The number of carbonyl (C=O) groups is 1. The molecule has 3 atom stereocenters. The Labute approximate surface area is 130 Å². The van der Waals surface area contributed by atoms with E-state index in [0.717, 1.165) is 19.3 Å². The molecule has 3 aliphatic rings. The summed E-state index contributed by atoms with van der Waals surface area (Å²) in [6, 6.07) is 3.11. The number of fused-ring (bicyclic) bond motifs is 1. The number of sulfonamides is 1. The van der Waals surface area contributed by atoms with Gasteiger partial charge in [-0.1, -0.05) is 13.8 Å². The van der Waals surface area contributed by atoms with Gasteiger partial charge in [0.2, 0.25) is 10.0 Å². The van der Waals surface area contributed by atoms with Gasteiger partial charge in [0, 0.05) is 17.8 Å². The summed E-state index contributed by atoms with van der Waals surface area (Å²) >= 11 is 0. The highest BCUT2D eigenvalue weighted by Gasteiger charge is 2.72. The fraction of sp³-hybridized carbons (Fsp3) is 0.625. The molecule has 2 bridgehead atoms. The zero-order valence-electron chi connectivity index (χ0n) is 12.8. The van der Waals surface area contributed by atoms with Crippen LogP contribution in [0.1, 0.15) is 43.5 Å². The number of hydrogen-bond acceptors (Lipinski definition) is 4. The number of pyridine rings is 1. The molecule has 5 nitrogen and oxygen atoms in total. The molecule has 22 heavy (non-hydrogen) atoms. The van der Waals surface area contributed by atoms with Crippen LogP contribution in [0.2, 0.25) is 0 Å². The van der Waals surface area contributed by atoms with Crippen LogP contribution >= 0.6 is 0 Å².